The normalized spacial score (nSPS) is 10.7. The molecule has 3 aromatic rings. The first kappa shape index (κ1) is 16.8. The van der Waals surface area contributed by atoms with Gasteiger partial charge in [-0.25, -0.2) is 15.0 Å². The number of pyridine rings is 1. The second-order valence-electron chi connectivity index (χ2n) is 5.60. The average molecular weight is 339 g/mol. The van der Waals surface area contributed by atoms with Crippen molar-refractivity contribution in [1.29, 1.82) is 0 Å². The number of hydrogen-bond donors (Lipinski definition) is 4. The minimum atomic E-state index is -0.168. The van der Waals surface area contributed by atoms with Crippen LogP contribution in [-0.2, 0) is 19.4 Å². The van der Waals surface area contributed by atoms with Crippen molar-refractivity contribution in [1.82, 2.24) is 35.6 Å². The lowest BCUT2D eigenvalue weighted by Crippen LogP contribution is -2.27. The first-order valence-corrected chi connectivity index (χ1v) is 8.20. The van der Waals surface area contributed by atoms with Gasteiger partial charge in [-0.3, -0.25) is 4.79 Å². The molecule has 0 aromatic carbocycles. The molecule has 8 heteroatoms. The number of carbonyl (C=O) groups excluding carboxylic acids is 1. The van der Waals surface area contributed by atoms with E-state index in [9.17, 15) is 4.79 Å². The highest BCUT2D eigenvalue weighted by molar-refractivity contribution is 5.92. The maximum atomic E-state index is 12.2. The summed E-state index contributed by atoms with van der Waals surface area (Å²) >= 11 is 0. The van der Waals surface area contributed by atoms with Crippen LogP contribution in [0, 0.1) is 0 Å². The lowest BCUT2D eigenvalue weighted by atomic mass is 10.2. The predicted octanol–water partition coefficient (Wildman–Crippen LogP) is 0.833. The maximum absolute atomic E-state index is 12.2. The number of aromatic amines is 2. The molecule has 0 spiro atoms. The number of nitrogens with zero attached hydrogens (tertiary/aromatic N) is 3. The summed E-state index contributed by atoms with van der Waals surface area (Å²) in [6.45, 7) is 1.96. The zero-order chi connectivity index (χ0) is 17.3. The quantitative estimate of drug-likeness (QED) is 0.432. The molecule has 0 saturated carbocycles. The Kier molecular flexibility index (Phi) is 5.89. The molecule has 0 bridgehead atoms. The molecule has 130 valence electrons. The van der Waals surface area contributed by atoms with Gasteiger partial charge in [0.2, 0.25) is 0 Å². The van der Waals surface area contributed by atoms with Crippen LogP contribution in [0.3, 0.4) is 0 Å². The molecule has 0 fully saturated rings. The van der Waals surface area contributed by atoms with Gasteiger partial charge in [0.1, 0.15) is 5.69 Å². The minimum absolute atomic E-state index is 0.168. The van der Waals surface area contributed by atoms with E-state index in [4.69, 9.17) is 0 Å². The largest absolute Gasteiger partial charge is 0.350 e. The summed E-state index contributed by atoms with van der Waals surface area (Å²) in [5.74, 6) is -0.168. The standard InChI is InChI=1S/C17H21N7O/c25-17(21-7-5-14-9-20-12-23-14)16-3-1-2-15(24-16)10-18-6-4-13-8-19-11-22-13/h1-3,8-9,11-12,18H,4-7,10H2,(H,19,22)(H,20,23)(H,21,25). The van der Waals surface area contributed by atoms with Crippen LogP contribution < -0.4 is 10.6 Å². The van der Waals surface area contributed by atoms with E-state index in [1.165, 1.54) is 0 Å². The molecule has 8 nitrogen and oxygen atoms in total. The number of amides is 1. The van der Waals surface area contributed by atoms with Gasteiger partial charge >= 0.3 is 0 Å². The smallest absolute Gasteiger partial charge is 0.269 e. The van der Waals surface area contributed by atoms with Gasteiger partial charge in [0.15, 0.2) is 0 Å². The first-order valence-electron chi connectivity index (χ1n) is 8.20. The van der Waals surface area contributed by atoms with E-state index in [1.807, 2.05) is 18.3 Å². The molecule has 0 atom stereocenters. The third-order valence-corrected chi connectivity index (χ3v) is 3.71. The van der Waals surface area contributed by atoms with Crippen LogP contribution in [0.1, 0.15) is 27.6 Å². The molecule has 0 aliphatic carbocycles. The van der Waals surface area contributed by atoms with Crippen molar-refractivity contribution in [3.05, 3.63) is 66.0 Å². The van der Waals surface area contributed by atoms with Gasteiger partial charge in [0, 0.05) is 56.3 Å². The summed E-state index contributed by atoms with van der Waals surface area (Å²) in [4.78, 5) is 30.6. The topological polar surface area (TPSA) is 111 Å². The van der Waals surface area contributed by atoms with Crippen molar-refractivity contribution in [2.45, 2.75) is 19.4 Å². The molecule has 0 radical (unpaired) electrons. The predicted molar refractivity (Wildman–Crippen MR) is 92.9 cm³/mol. The highest BCUT2D eigenvalue weighted by Crippen LogP contribution is 2.00. The highest BCUT2D eigenvalue weighted by Gasteiger charge is 2.07. The SMILES string of the molecule is O=C(NCCc1cnc[nH]1)c1cccc(CNCCc2cnc[nH]2)n1. The fourth-order valence-electron chi connectivity index (χ4n) is 2.39. The van der Waals surface area contributed by atoms with Crippen LogP contribution in [0.2, 0.25) is 0 Å². The van der Waals surface area contributed by atoms with Gasteiger partial charge in [0.05, 0.1) is 18.3 Å². The van der Waals surface area contributed by atoms with Crippen molar-refractivity contribution in [3.63, 3.8) is 0 Å². The number of aromatic nitrogens is 5. The Labute approximate surface area is 145 Å². The van der Waals surface area contributed by atoms with Gasteiger partial charge in [0.25, 0.3) is 5.91 Å². The molecule has 1 amide bonds. The second kappa shape index (κ2) is 8.74. The van der Waals surface area contributed by atoms with Crippen LogP contribution in [0.4, 0.5) is 0 Å². The van der Waals surface area contributed by atoms with Gasteiger partial charge in [-0.2, -0.15) is 0 Å². The number of rotatable bonds is 9. The highest BCUT2D eigenvalue weighted by atomic mass is 16.1. The van der Waals surface area contributed by atoms with E-state index in [1.54, 1.807) is 24.9 Å². The molecule has 0 aliphatic rings. The minimum Gasteiger partial charge on any atom is -0.350 e. The molecule has 3 heterocycles. The summed E-state index contributed by atoms with van der Waals surface area (Å²) < 4.78 is 0. The third-order valence-electron chi connectivity index (χ3n) is 3.71. The fraction of sp³-hybridized carbons (Fsp3) is 0.294. The number of imidazole rings is 2. The summed E-state index contributed by atoms with van der Waals surface area (Å²) in [6, 6.07) is 5.48. The molecule has 4 N–H and O–H groups in total. The molecular formula is C17H21N7O. The van der Waals surface area contributed by atoms with E-state index in [0.717, 1.165) is 30.0 Å². The molecule has 0 saturated heterocycles. The lowest BCUT2D eigenvalue weighted by Gasteiger charge is -2.07. The lowest BCUT2D eigenvalue weighted by molar-refractivity contribution is 0.0949. The van der Waals surface area contributed by atoms with E-state index in [2.05, 4.69) is 35.6 Å². The van der Waals surface area contributed by atoms with Crippen molar-refractivity contribution in [3.8, 4) is 0 Å². The van der Waals surface area contributed by atoms with Crippen LogP contribution in [0.25, 0.3) is 0 Å². The van der Waals surface area contributed by atoms with Crippen LogP contribution in [-0.4, -0.2) is 43.9 Å². The number of nitrogens with one attached hydrogen (secondary N) is 4. The fourth-order valence-corrected chi connectivity index (χ4v) is 2.39. The van der Waals surface area contributed by atoms with Crippen molar-refractivity contribution >= 4 is 5.91 Å². The first-order chi connectivity index (χ1) is 12.3. The maximum Gasteiger partial charge on any atom is 0.269 e. The summed E-state index contributed by atoms with van der Waals surface area (Å²) in [7, 11) is 0. The van der Waals surface area contributed by atoms with Gasteiger partial charge in [-0.05, 0) is 12.1 Å². The van der Waals surface area contributed by atoms with Crippen LogP contribution in [0.15, 0.2) is 43.2 Å². The summed E-state index contributed by atoms with van der Waals surface area (Å²) in [5, 5.41) is 6.18. The Morgan fingerprint density at radius 2 is 1.72 bits per heavy atom. The molecule has 0 aliphatic heterocycles. The number of H-pyrrole nitrogens is 2. The van der Waals surface area contributed by atoms with E-state index in [-0.39, 0.29) is 5.91 Å². The zero-order valence-corrected chi connectivity index (χ0v) is 13.8. The Hall–Kier alpha value is -3.00. The average Bonchev–Trinajstić information content (AvgIpc) is 3.33. The Bertz CT molecular complexity index is 768. The second-order valence-corrected chi connectivity index (χ2v) is 5.60. The summed E-state index contributed by atoms with van der Waals surface area (Å²) in [6.07, 6.45) is 8.44. The van der Waals surface area contributed by atoms with Crippen molar-refractivity contribution in [2.75, 3.05) is 13.1 Å². The van der Waals surface area contributed by atoms with E-state index >= 15 is 0 Å². The summed E-state index contributed by atoms with van der Waals surface area (Å²) in [5.41, 5.74) is 3.35. The van der Waals surface area contributed by atoms with Crippen molar-refractivity contribution < 1.29 is 4.79 Å². The molecule has 3 rings (SSSR count). The third kappa shape index (κ3) is 5.25. The Balaban J connectivity index is 1.42. The van der Waals surface area contributed by atoms with E-state index < -0.39 is 0 Å². The van der Waals surface area contributed by atoms with Gasteiger partial charge in [-0.1, -0.05) is 6.07 Å². The van der Waals surface area contributed by atoms with Crippen LogP contribution >= 0.6 is 0 Å². The number of hydrogen-bond acceptors (Lipinski definition) is 5. The molecule has 25 heavy (non-hydrogen) atoms. The van der Waals surface area contributed by atoms with Gasteiger partial charge in [-0.15, -0.1) is 0 Å². The molecular weight excluding hydrogens is 318 g/mol. The Morgan fingerprint density at radius 1 is 1.00 bits per heavy atom. The monoisotopic (exact) mass is 339 g/mol. The number of carbonyl (C=O) groups is 1. The van der Waals surface area contributed by atoms with Crippen LogP contribution in [0.5, 0.6) is 0 Å². The van der Waals surface area contributed by atoms with Crippen molar-refractivity contribution in [2.24, 2.45) is 0 Å². The zero-order valence-electron chi connectivity index (χ0n) is 13.8. The molecule has 0 unspecified atom stereocenters. The Morgan fingerprint density at radius 3 is 2.40 bits per heavy atom. The van der Waals surface area contributed by atoms with E-state index in [0.29, 0.717) is 25.2 Å². The molecule has 3 aromatic heterocycles. The van der Waals surface area contributed by atoms with Gasteiger partial charge < -0.3 is 20.6 Å².